The summed E-state index contributed by atoms with van der Waals surface area (Å²) in [4.78, 5) is 28.4. The Balaban J connectivity index is 0.983. The molecular formula is C36H56O12. The first-order valence-corrected chi connectivity index (χ1v) is 18.4. The quantitative estimate of drug-likeness (QED) is 0.109. The normalized spacial score (nSPS) is 37.8. The summed E-state index contributed by atoms with van der Waals surface area (Å²) < 4.78 is 58.0. The first-order chi connectivity index (χ1) is 23.3. The highest BCUT2D eigenvalue weighted by molar-refractivity contribution is 5.83. The molecule has 272 valence electrons. The van der Waals surface area contributed by atoms with Crippen molar-refractivity contribution < 1.29 is 57.0 Å². The van der Waals surface area contributed by atoms with E-state index in [0.717, 1.165) is 71.4 Å². The van der Waals surface area contributed by atoms with Crippen LogP contribution in [0, 0.1) is 33.5 Å². The van der Waals surface area contributed by atoms with Crippen molar-refractivity contribution in [1.82, 2.24) is 0 Å². The molecular weight excluding hydrogens is 624 g/mol. The molecule has 12 heteroatoms. The van der Waals surface area contributed by atoms with Crippen LogP contribution in [0.5, 0.6) is 0 Å². The van der Waals surface area contributed by atoms with Gasteiger partial charge in [0, 0.05) is 0 Å². The van der Waals surface area contributed by atoms with Gasteiger partial charge < -0.3 is 47.4 Å². The highest BCUT2D eigenvalue weighted by Gasteiger charge is 2.64. The van der Waals surface area contributed by atoms with Crippen LogP contribution in [0.3, 0.4) is 0 Å². The molecule has 4 heterocycles. The predicted molar refractivity (Wildman–Crippen MR) is 169 cm³/mol. The summed E-state index contributed by atoms with van der Waals surface area (Å²) in [5.74, 6) is 0.255. The lowest BCUT2D eigenvalue weighted by Gasteiger charge is -2.59. The molecule has 0 N–H and O–H groups in total. The van der Waals surface area contributed by atoms with Crippen molar-refractivity contribution in [2.45, 2.75) is 89.6 Å². The topological polar surface area (TPSA) is 140 Å². The summed E-state index contributed by atoms with van der Waals surface area (Å²) in [6, 6.07) is 0. The first kappa shape index (κ1) is 35.0. The van der Waals surface area contributed by atoms with Gasteiger partial charge in [0.1, 0.15) is 37.6 Å². The smallest absolute Gasteiger partial charge is 0.312 e. The molecule has 8 fully saturated rings. The third-order valence-electron chi connectivity index (χ3n) is 11.9. The molecule has 4 saturated heterocycles. The van der Waals surface area contributed by atoms with Crippen LogP contribution >= 0.6 is 0 Å². The monoisotopic (exact) mass is 680 g/mol. The lowest BCUT2D eigenvalue weighted by Crippen LogP contribution is -2.58. The summed E-state index contributed by atoms with van der Waals surface area (Å²) in [5.41, 5.74) is -2.28. The van der Waals surface area contributed by atoms with Gasteiger partial charge in [-0.05, 0) is 63.2 Å². The maximum absolute atomic E-state index is 14.2. The average Bonchev–Trinajstić information content (AvgIpc) is 3.86. The number of epoxide rings is 4. The fourth-order valence-electron chi connectivity index (χ4n) is 8.63. The summed E-state index contributed by atoms with van der Waals surface area (Å²) in [6.45, 7) is 11.3. The molecule has 0 aromatic heterocycles. The van der Waals surface area contributed by atoms with Gasteiger partial charge in [-0.2, -0.15) is 0 Å². The van der Waals surface area contributed by atoms with Crippen LogP contribution in [0.2, 0.25) is 0 Å². The van der Waals surface area contributed by atoms with E-state index in [-0.39, 0.29) is 49.6 Å². The highest BCUT2D eigenvalue weighted by Crippen LogP contribution is 2.66. The van der Waals surface area contributed by atoms with Crippen molar-refractivity contribution in [3.05, 3.63) is 0 Å². The molecule has 0 aromatic rings. The minimum Gasteiger partial charge on any atom is -0.464 e. The molecule has 0 radical (unpaired) electrons. The molecule has 0 amide bonds. The molecule has 48 heavy (non-hydrogen) atoms. The van der Waals surface area contributed by atoms with Crippen LogP contribution < -0.4 is 0 Å². The summed E-state index contributed by atoms with van der Waals surface area (Å²) >= 11 is 0. The Kier molecular flexibility index (Phi) is 10.7. The fourth-order valence-corrected chi connectivity index (χ4v) is 8.63. The molecule has 0 spiro atoms. The van der Waals surface area contributed by atoms with Crippen molar-refractivity contribution in [2.24, 2.45) is 33.5 Å². The number of esters is 2. The van der Waals surface area contributed by atoms with Gasteiger partial charge in [-0.3, -0.25) is 9.59 Å². The van der Waals surface area contributed by atoms with Gasteiger partial charge in [0.05, 0.1) is 101 Å². The van der Waals surface area contributed by atoms with E-state index in [1.54, 1.807) is 0 Å². The molecule has 4 unspecified atom stereocenters. The Morgan fingerprint density at radius 2 is 0.875 bits per heavy atom. The van der Waals surface area contributed by atoms with E-state index in [4.69, 9.17) is 47.4 Å². The third-order valence-corrected chi connectivity index (χ3v) is 11.9. The number of ether oxygens (including phenoxy) is 10. The number of hydrogen-bond donors (Lipinski definition) is 0. The molecule has 4 atom stereocenters. The molecule has 12 nitrogen and oxygen atoms in total. The molecule has 4 aliphatic heterocycles. The van der Waals surface area contributed by atoms with Crippen LogP contribution in [-0.2, 0) is 57.0 Å². The van der Waals surface area contributed by atoms with E-state index < -0.39 is 21.7 Å². The van der Waals surface area contributed by atoms with Gasteiger partial charge in [-0.1, -0.05) is 13.8 Å². The van der Waals surface area contributed by atoms with Crippen LogP contribution in [0.25, 0.3) is 0 Å². The first-order valence-electron chi connectivity index (χ1n) is 18.4. The van der Waals surface area contributed by atoms with E-state index in [2.05, 4.69) is 13.8 Å². The molecule has 4 aliphatic carbocycles. The third kappa shape index (κ3) is 8.73. The zero-order valence-corrected chi connectivity index (χ0v) is 28.9. The van der Waals surface area contributed by atoms with Gasteiger partial charge in [0.25, 0.3) is 0 Å². The van der Waals surface area contributed by atoms with Crippen LogP contribution in [0.4, 0.5) is 0 Å². The van der Waals surface area contributed by atoms with E-state index in [9.17, 15) is 9.59 Å². The number of rotatable bonds is 24. The zero-order chi connectivity index (χ0) is 33.2. The van der Waals surface area contributed by atoms with E-state index in [0.29, 0.717) is 71.1 Å². The molecule has 4 saturated carbocycles. The Bertz CT molecular complexity index is 980. The lowest BCUT2D eigenvalue weighted by molar-refractivity contribution is -0.200. The van der Waals surface area contributed by atoms with Gasteiger partial charge in [-0.15, -0.1) is 0 Å². The second-order valence-electron chi connectivity index (χ2n) is 16.3. The minimum absolute atomic E-state index is 0.156. The summed E-state index contributed by atoms with van der Waals surface area (Å²) in [7, 11) is 0. The Morgan fingerprint density at radius 1 is 0.562 bits per heavy atom. The number of hydrogen-bond acceptors (Lipinski definition) is 12. The van der Waals surface area contributed by atoms with Crippen molar-refractivity contribution >= 4 is 11.9 Å². The molecule has 8 aliphatic rings. The fraction of sp³-hybridized carbons (Fsp3) is 0.944. The Labute approximate surface area is 284 Å². The zero-order valence-electron chi connectivity index (χ0n) is 28.9. The van der Waals surface area contributed by atoms with Crippen LogP contribution in [-0.4, -0.2) is 129 Å². The number of carbonyl (C=O) groups excluding carboxylic acids is 2. The van der Waals surface area contributed by atoms with Crippen molar-refractivity contribution in [2.75, 3.05) is 92.5 Å². The molecule has 4 bridgehead atoms. The highest BCUT2D eigenvalue weighted by atomic mass is 16.6. The van der Waals surface area contributed by atoms with Crippen molar-refractivity contribution in [1.29, 1.82) is 0 Å². The average molecular weight is 681 g/mol. The largest absolute Gasteiger partial charge is 0.464 e. The molecule has 8 rings (SSSR count). The predicted octanol–water partition coefficient (Wildman–Crippen LogP) is 3.11. The Hall–Kier alpha value is -1.38. The maximum Gasteiger partial charge on any atom is 0.312 e. The van der Waals surface area contributed by atoms with Crippen LogP contribution in [0.15, 0.2) is 0 Å². The maximum atomic E-state index is 14.2. The Morgan fingerprint density at radius 3 is 1.15 bits per heavy atom. The lowest BCUT2D eigenvalue weighted by atomic mass is 9.44. The second kappa shape index (κ2) is 14.7. The summed E-state index contributed by atoms with van der Waals surface area (Å²) in [5, 5.41) is 0. The van der Waals surface area contributed by atoms with Gasteiger partial charge in [0.15, 0.2) is 0 Å². The number of carbonyl (C=O) groups is 2. The van der Waals surface area contributed by atoms with Gasteiger partial charge >= 0.3 is 11.9 Å². The second-order valence-corrected chi connectivity index (χ2v) is 16.3. The van der Waals surface area contributed by atoms with E-state index in [1.807, 2.05) is 0 Å². The van der Waals surface area contributed by atoms with Crippen molar-refractivity contribution in [3.63, 3.8) is 0 Å². The standard InChI is InChI=1S/C36H56O12/c1-3-33(19-39-10-27-14-43-27,20-40-11-28-15-44-28)23-47-31(37)35-6-25-5-26(7-35)9-36(8-25,18-35)32(38)48-24-34(4-2,21-41-12-29-16-45-29)22-42-13-30-17-46-30/h25-30H,3-24H2,1-2H3. The SMILES string of the molecule is CCC(COCC1CO1)(COCC1CO1)COC(=O)C12CC3CC(C1)CC(C(=O)OCC(CC)(COCC1CO1)COCC1CO1)(C3)C2. The minimum atomic E-state index is -0.670. The van der Waals surface area contributed by atoms with E-state index >= 15 is 0 Å². The van der Waals surface area contributed by atoms with Crippen LogP contribution in [0.1, 0.15) is 65.2 Å². The molecule has 0 aromatic carbocycles. The summed E-state index contributed by atoms with van der Waals surface area (Å²) in [6.07, 6.45) is 6.73. The van der Waals surface area contributed by atoms with Gasteiger partial charge in [0.2, 0.25) is 0 Å². The van der Waals surface area contributed by atoms with Crippen molar-refractivity contribution in [3.8, 4) is 0 Å². The van der Waals surface area contributed by atoms with E-state index in [1.165, 1.54) is 0 Å². The van der Waals surface area contributed by atoms with Gasteiger partial charge in [-0.25, -0.2) is 0 Å².